The number of amides is 2. The quantitative estimate of drug-likeness (QED) is 0.253. The lowest BCUT2D eigenvalue weighted by Gasteiger charge is -2.19. The second-order valence-electron chi connectivity index (χ2n) is 8.82. The SMILES string of the molecule is CN(C)Cc1nnc(CN2C(=O)c3ccccc3C2=O)n1-c1ccc(Cl)cc1C(=O)c1ccccc1Cl. The summed E-state index contributed by atoms with van der Waals surface area (Å²) in [4.78, 5) is 42.8. The van der Waals surface area contributed by atoms with Crippen LogP contribution in [-0.4, -0.2) is 56.3 Å². The van der Waals surface area contributed by atoms with Gasteiger partial charge in [-0.3, -0.25) is 23.9 Å². The Morgan fingerprint density at radius 2 is 1.46 bits per heavy atom. The number of rotatable bonds is 7. The Kier molecular flexibility index (Phi) is 6.64. The summed E-state index contributed by atoms with van der Waals surface area (Å²) in [7, 11) is 3.75. The predicted molar refractivity (Wildman–Crippen MR) is 139 cm³/mol. The van der Waals surface area contributed by atoms with E-state index in [4.69, 9.17) is 23.2 Å². The number of carbonyl (C=O) groups is 3. The number of hydrogen-bond acceptors (Lipinski definition) is 6. The van der Waals surface area contributed by atoms with E-state index in [-0.39, 0.29) is 17.9 Å². The molecule has 5 rings (SSSR count). The fraction of sp³-hybridized carbons (Fsp3) is 0.148. The number of benzene rings is 3. The predicted octanol–water partition coefficient (Wildman–Crippen LogP) is 4.66. The summed E-state index contributed by atoms with van der Waals surface area (Å²) in [5.41, 5.74) is 1.74. The van der Waals surface area contributed by atoms with Crippen molar-refractivity contribution in [3.8, 4) is 5.69 Å². The summed E-state index contributed by atoms with van der Waals surface area (Å²) in [6, 6.07) is 18.3. The molecule has 0 fully saturated rings. The Morgan fingerprint density at radius 1 is 0.838 bits per heavy atom. The molecule has 1 aromatic heterocycles. The summed E-state index contributed by atoms with van der Waals surface area (Å²) in [5, 5.41) is 9.33. The molecule has 0 radical (unpaired) electrons. The third-order valence-electron chi connectivity index (χ3n) is 6.00. The average Bonchev–Trinajstić information content (AvgIpc) is 3.37. The van der Waals surface area contributed by atoms with Crippen LogP contribution < -0.4 is 0 Å². The topological polar surface area (TPSA) is 88.4 Å². The molecule has 1 aliphatic heterocycles. The number of hydrogen-bond donors (Lipinski definition) is 0. The maximum absolute atomic E-state index is 13.7. The van der Waals surface area contributed by atoms with Gasteiger partial charge in [-0.25, -0.2) is 0 Å². The molecule has 0 aliphatic carbocycles. The highest BCUT2D eigenvalue weighted by atomic mass is 35.5. The van der Waals surface area contributed by atoms with Gasteiger partial charge in [0.2, 0.25) is 0 Å². The number of ketones is 1. The third kappa shape index (κ3) is 4.55. The first-order chi connectivity index (χ1) is 17.8. The summed E-state index contributed by atoms with van der Waals surface area (Å²) >= 11 is 12.6. The van der Waals surface area contributed by atoms with Crippen molar-refractivity contribution in [2.24, 2.45) is 0 Å². The van der Waals surface area contributed by atoms with Gasteiger partial charge in [0.25, 0.3) is 11.8 Å². The maximum atomic E-state index is 13.7. The summed E-state index contributed by atoms with van der Waals surface area (Å²) in [5.74, 6) is -0.311. The molecule has 8 nitrogen and oxygen atoms in total. The molecule has 10 heteroatoms. The van der Waals surface area contributed by atoms with E-state index < -0.39 is 11.8 Å². The molecule has 0 atom stereocenters. The zero-order valence-corrected chi connectivity index (χ0v) is 21.5. The van der Waals surface area contributed by atoms with Gasteiger partial charge in [0, 0.05) is 16.1 Å². The first-order valence-electron chi connectivity index (χ1n) is 11.4. The smallest absolute Gasteiger partial charge is 0.261 e. The molecule has 0 N–H and O–H groups in total. The lowest BCUT2D eigenvalue weighted by molar-refractivity contribution is 0.0637. The minimum absolute atomic E-state index is 0.130. The van der Waals surface area contributed by atoms with E-state index in [1.807, 2.05) is 19.0 Å². The molecule has 2 amide bonds. The second-order valence-corrected chi connectivity index (χ2v) is 9.66. The minimum Gasteiger partial charge on any atom is -0.302 e. The van der Waals surface area contributed by atoms with E-state index in [1.54, 1.807) is 71.3 Å². The van der Waals surface area contributed by atoms with Crippen molar-refractivity contribution >= 4 is 40.8 Å². The van der Waals surface area contributed by atoms with Crippen LogP contribution in [0.3, 0.4) is 0 Å². The number of imide groups is 1. The summed E-state index contributed by atoms with van der Waals surface area (Å²) in [6.45, 7) is 0.257. The number of aromatic nitrogens is 3. The molecule has 3 aromatic carbocycles. The van der Waals surface area contributed by atoms with Crippen LogP contribution in [-0.2, 0) is 13.1 Å². The van der Waals surface area contributed by atoms with Gasteiger partial charge in [0.1, 0.15) is 0 Å². The Labute approximate surface area is 223 Å². The highest BCUT2D eigenvalue weighted by molar-refractivity contribution is 6.35. The highest BCUT2D eigenvalue weighted by Gasteiger charge is 2.36. The molecule has 2 heterocycles. The Morgan fingerprint density at radius 3 is 2.11 bits per heavy atom. The Balaban J connectivity index is 1.63. The van der Waals surface area contributed by atoms with Gasteiger partial charge in [-0.15, -0.1) is 10.2 Å². The zero-order valence-electron chi connectivity index (χ0n) is 20.0. The lowest BCUT2D eigenvalue weighted by Crippen LogP contribution is -2.31. The van der Waals surface area contributed by atoms with Crippen molar-refractivity contribution in [1.29, 1.82) is 0 Å². The van der Waals surface area contributed by atoms with E-state index in [9.17, 15) is 14.4 Å². The Hall–Kier alpha value is -3.85. The molecule has 0 saturated carbocycles. The summed E-state index contributed by atoms with van der Waals surface area (Å²) < 4.78 is 1.70. The van der Waals surface area contributed by atoms with Crippen LogP contribution in [0.4, 0.5) is 0 Å². The van der Waals surface area contributed by atoms with Crippen LogP contribution in [0.25, 0.3) is 5.69 Å². The average molecular weight is 534 g/mol. The van der Waals surface area contributed by atoms with Gasteiger partial charge in [-0.05, 0) is 56.6 Å². The molecule has 4 aromatic rings. The number of halogens is 2. The van der Waals surface area contributed by atoms with Crippen LogP contribution in [0.15, 0.2) is 66.7 Å². The first-order valence-corrected chi connectivity index (χ1v) is 12.1. The fourth-order valence-corrected chi connectivity index (χ4v) is 4.71. The maximum Gasteiger partial charge on any atom is 0.261 e. The normalized spacial score (nSPS) is 12.9. The third-order valence-corrected chi connectivity index (χ3v) is 6.56. The van der Waals surface area contributed by atoms with Crippen molar-refractivity contribution in [2.45, 2.75) is 13.1 Å². The van der Waals surface area contributed by atoms with Gasteiger partial charge in [0.05, 0.1) is 34.9 Å². The minimum atomic E-state index is -0.409. The van der Waals surface area contributed by atoms with Crippen LogP contribution >= 0.6 is 23.2 Å². The van der Waals surface area contributed by atoms with Crippen molar-refractivity contribution < 1.29 is 14.4 Å². The van der Waals surface area contributed by atoms with E-state index >= 15 is 0 Å². The van der Waals surface area contributed by atoms with Crippen molar-refractivity contribution in [1.82, 2.24) is 24.6 Å². The van der Waals surface area contributed by atoms with Crippen molar-refractivity contribution in [3.63, 3.8) is 0 Å². The monoisotopic (exact) mass is 533 g/mol. The lowest BCUT2D eigenvalue weighted by atomic mass is 10.0. The number of carbonyl (C=O) groups excluding carboxylic acids is 3. The van der Waals surface area contributed by atoms with E-state index in [0.29, 0.717) is 50.6 Å². The van der Waals surface area contributed by atoms with Crippen LogP contribution in [0, 0.1) is 0 Å². The van der Waals surface area contributed by atoms with Gasteiger partial charge >= 0.3 is 0 Å². The Bertz CT molecular complexity index is 1530. The first kappa shape index (κ1) is 24.8. The van der Waals surface area contributed by atoms with Crippen LogP contribution in [0.2, 0.25) is 10.0 Å². The van der Waals surface area contributed by atoms with E-state index in [2.05, 4.69) is 10.2 Å². The molecule has 0 spiro atoms. The molecule has 1 aliphatic rings. The fourth-order valence-electron chi connectivity index (χ4n) is 4.32. The highest BCUT2D eigenvalue weighted by Crippen LogP contribution is 2.29. The van der Waals surface area contributed by atoms with Crippen LogP contribution in [0.5, 0.6) is 0 Å². The van der Waals surface area contributed by atoms with Crippen LogP contribution in [0.1, 0.15) is 48.3 Å². The van der Waals surface area contributed by atoms with E-state index in [0.717, 1.165) is 4.90 Å². The van der Waals surface area contributed by atoms with E-state index in [1.165, 1.54) is 0 Å². The standard InChI is InChI=1S/C27H21Cl2N5O3/c1-32(2)14-23-30-31-24(15-33-26(36)17-7-3-4-8-18(17)27(33)37)34(23)22-12-11-16(28)13-20(22)25(35)19-9-5-6-10-21(19)29/h3-13H,14-15H2,1-2H3. The number of nitrogens with zero attached hydrogens (tertiary/aromatic N) is 5. The summed E-state index contributed by atoms with van der Waals surface area (Å²) in [6.07, 6.45) is 0. The van der Waals surface area contributed by atoms with Gasteiger partial charge < -0.3 is 4.90 Å². The molecule has 37 heavy (non-hydrogen) atoms. The molecule has 0 unspecified atom stereocenters. The van der Waals surface area contributed by atoms with Gasteiger partial charge in [-0.1, -0.05) is 47.5 Å². The molecule has 0 bridgehead atoms. The van der Waals surface area contributed by atoms with Crippen molar-refractivity contribution in [3.05, 3.63) is 111 Å². The molecule has 0 saturated heterocycles. The second kappa shape index (κ2) is 9.89. The molecular weight excluding hydrogens is 513 g/mol. The van der Waals surface area contributed by atoms with Gasteiger partial charge in [0.15, 0.2) is 17.4 Å². The largest absolute Gasteiger partial charge is 0.302 e. The van der Waals surface area contributed by atoms with Gasteiger partial charge in [-0.2, -0.15) is 0 Å². The zero-order chi connectivity index (χ0) is 26.3. The number of fused-ring (bicyclic) bond motifs is 1. The van der Waals surface area contributed by atoms with Crippen molar-refractivity contribution in [2.75, 3.05) is 14.1 Å². The molecule has 186 valence electrons. The molecular formula is C27H21Cl2N5O3.